The number of aryl methyl sites for hydroxylation is 1. The van der Waals surface area contributed by atoms with Gasteiger partial charge in [-0.2, -0.15) is 0 Å². The average molecular weight is 279 g/mol. The molecule has 0 aromatic heterocycles. The van der Waals surface area contributed by atoms with Crippen molar-refractivity contribution >= 4 is 0 Å². The molecule has 1 aliphatic rings. The quantitative estimate of drug-likeness (QED) is 0.718. The van der Waals surface area contributed by atoms with E-state index in [1.807, 2.05) is 12.1 Å². The van der Waals surface area contributed by atoms with E-state index in [-0.39, 0.29) is 0 Å². The Labute approximate surface area is 121 Å². The Kier molecular flexibility index (Phi) is 6.30. The molecule has 0 saturated heterocycles. The van der Waals surface area contributed by atoms with Gasteiger partial charge in [0.05, 0.1) is 13.2 Å². The summed E-state index contributed by atoms with van der Waals surface area (Å²) < 4.78 is 10.4. The molecular weight excluding hydrogens is 254 g/mol. The number of phenols is 1. The third-order valence-electron chi connectivity index (χ3n) is 3.73. The number of hydrogen-bond acceptors (Lipinski definition) is 4. The molecule has 1 aromatic carbocycles. The number of phenolic OH excluding ortho intramolecular Hbond substituents is 1. The van der Waals surface area contributed by atoms with Crippen molar-refractivity contribution in [3.8, 4) is 5.75 Å². The summed E-state index contributed by atoms with van der Waals surface area (Å²) in [5.74, 6) is 0.361. The second-order valence-electron chi connectivity index (χ2n) is 5.24. The van der Waals surface area contributed by atoms with Gasteiger partial charge in [0.15, 0.2) is 0 Å². The summed E-state index contributed by atoms with van der Waals surface area (Å²) in [6.45, 7) is 3.02. The van der Waals surface area contributed by atoms with Crippen LogP contribution in [0, 0.1) is 0 Å². The molecule has 1 atom stereocenters. The van der Waals surface area contributed by atoms with E-state index in [1.54, 1.807) is 13.2 Å². The van der Waals surface area contributed by atoms with E-state index in [1.165, 1.54) is 17.5 Å². The molecule has 0 bridgehead atoms. The Morgan fingerprint density at radius 2 is 2.20 bits per heavy atom. The Bertz CT molecular complexity index is 409. The molecule has 112 valence electrons. The topological polar surface area (TPSA) is 50.7 Å². The van der Waals surface area contributed by atoms with Gasteiger partial charge in [0.2, 0.25) is 0 Å². The highest BCUT2D eigenvalue weighted by molar-refractivity contribution is 5.38. The number of aromatic hydroxyl groups is 1. The Morgan fingerprint density at radius 1 is 1.30 bits per heavy atom. The largest absolute Gasteiger partial charge is 0.508 e. The number of hydrogen-bond donors (Lipinski definition) is 2. The van der Waals surface area contributed by atoms with E-state index < -0.39 is 0 Å². The molecule has 0 aliphatic heterocycles. The van der Waals surface area contributed by atoms with Gasteiger partial charge in [-0.05, 0) is 55.5 Å². The molecule has 20 heavy (non-hydrogen) atoms. The Morgan fingerprint density at radius 3 is 3.05 bits per heavy atom. The minimum absolute atomic E-state index is 0.361. The molecule has 0 amide bonds. The van der Waals surface area contributed by atoms with Gasteiger partial charge in [0, 0.05) is 19.8 Å². The smallest absolute Gasteiger partial charge is 0.115 e. The predicted molar refractivity (Wildman–Crippen MR) is 79.1 cm³/mol. The van der Waals surface area contributed by atoms with Crippen LogP contribution in [0.25, 0.3) is 0 Å². The molecule has 4 heteroatoms. The first kappa shape index (κ1) is 15.3. The van der Waals surface area contributed by atoms with Crippen molar-refractivity contribution in [2.75, 3.05) is 33.5 Å². The first-order valence-corrected chi connectivity index (χ1v) is 7.43. The predicted octanol–water partition coefficient (Wildman–Crippen LogP) is 2.41. The molecule has 2 rings (SSSR count). The van der Waals surface area contributed by atoms with Gasteiger partial charge in [0.25, 0.3) is 0 Å². The fraction of sp³-hybridized carbons (Fsp3) is 0.625. The van der Waals surface area contributed by atoms with Crippen molar-refractivity contribution in [2.24, 2.45) is 0 Å². The normalized spacial score (nSPS) is 17.9. The van der Waals surface area contributed by atoms with Crippen LogP contribution in [-0.4, -0.2) is 38.6 Å². The van der Waals surface area contributed by atoms with Crippen LogP contribution in [-0.2, 0) is 15.9 Å². The van der Waals surface area contributed by atoms with E-state index in [0.717, 1.165) is 32.4 Å². The van der Waals surface area contributed by atoms with Gasteiger partial charge in [0.1, 0.15) is 5.75 Å². The van der Waals surface area contributed by atoms with Crippen LogP contribution in [0.1, 0.15) is 36.4 Å². The second kappa shape index (κ2) is 8.25. The van der Waals surface area contributed by atoms with Crippen molar-refractivity contribution in [3.63, 3.8) is 0 Å². The summed E-state index contributed by atoms with van der Waals surface area (Å²) in [5.41, 5.74) is 2.62. The van der Waals surface area contributed by atoms with Crippen molar-refractivity contribution in [2.45, 2.75) is 31.7 Å². The van der Waals surface area contributed by atoms with Crippen molar-refractivity contribution in [3.05, 3.63) is 29.3 Å². The molecule has 1 aliphatic carbocycles. The van der Waals surface area contributed by atoms with Crippen LogP contribution in [0.4, 0.5) is 0 Å². The van der Waals surface area contributed by atoms with Crippen LogP contribution in [0.3, 0.4) is 0 Å². The Balaban J connectivity index is 1.73. The fourth-order valence-corrected chi connectivity index (χ4v) is 2.69. The third kappa shape index (κ3) is 4.47. The van der Waals surface area contributed by atoms with Crippen LogP contribution < -0.4 is 5.32 Å². The van der Waals surface area contributed by atoms with E-state index in [9.17, 15) is 5.11 Å². The van der Waals surface area contributed by atoms with E-state index in [4.69, 9.17) is 9.47 Å². The summed E-state index contributed by atoms with van der Waals surface area (Å²) in [7, 11) is 1.68. The summed E-state index contributed by atoms with van der Waals surface area (Å²) >= 11 is 0. The molecule has 0 saturated carbocycles. The molecule has 4 nitrogen and oxygen atoms in total. The van der Waals surface area contributed by atoms with Gasteiger partial charge in [-0.15, -0.1) is 0 Å². The van der Waals surface area contributed by atoms with Gasteiger partial charge < -0.3 is 19.9 Å². The highest BCUT2D eigenvalue weighted by Gasteiger charge is 2.19. The van der Waals surface area contributed by atoms with Crippen molar-refractivity contribution < 1.29 is 14.6 Å². The maximum Gasteiger partial charge on any atom is 0.115 e. The lowest BCUT2D eigenvalue weighted by molar-refractivity contribution is 0.0692. The number of fused-ring (bicyclic) bond motifs is 1. The summed E-state index contributed by atoms with van der Waals surface area (Å²) in [6.07, 6.45) is 4.46. The van der Waals surface area contributed by atoms with Crippen molar-refractivity contribution in [1.29, 1.82) is 0 Å². The molecule has 0 radical (unpaired) electrons. The molecule has 0 heterocycles. The molecule has 0 fully saturated rings. The molecule has 0 spiro atoms. The van der Waals surface area contributed by atoms with E-state index in [0.29, 0.717) is 25.0 Å². The zero-order valence-electron chi connectivity index (χ0n) is 12.2. The van der Waals surface area contributed by atoms with Gasteiger partial charge in [-0.3, -0.25) is 0 Å². The number of rotatable bonds is 8. The molecular formula is C16H25NO3. The monoisotopic (exact) mass is 279 g/mol. The lowest BCUT2D eigenvalue weighted by Crippen LogP contribution is -2.26. The summed E-state index contributed by atoms with van der Waals surface area (Å²) in [5, 5.41) is 13.2. The van der Waals surface area contributed by atoms with Crippen molar-refractivity contribution in [1.82, 2.24) is 5.32 Å². The second-order valence-corrected chi connectivity index (χ2v) is 5.24. The standard InChI is InChI=1S/C16H25NO3/c1-19-10-11-20-9-3-8-17-16-5-2-4-13-6-7-14(18)12-15(13)16/h6-7,12,16-18H,2-5,8-11H2,1H3. The fourth-order valence-electron chi connectivity index (χ4n) is 2.69. The maximum atomic E-state index is 9.64. The zero-order valence-corrected chi connectivity index (χ0v) is 12.2. The number of ether oxygens (including phenoxy) is 2. The zero-order chi connectivity index (χ0) is 14.2. The van der Waals surface area contributed by atoms with Crippen LogP contribution in [0.15, 0.2) is 18.2 Å². The first-order valence-electron chi connectivity index (χ1n) is 7.43. The summed E-state index contributed by atoms with van der Waals surface area (Å²) in [6, 6.07) is 6.10. The molecule has 1 unspecified atom stereocenters. The SMILES string of the molecule is COCCOCCCNC1CCCc2ccc(O)cc21. The Hall–Kier alpha value is -1.10. The lowest BCUT2D eigenvalue weighted by Gasteiger charge is -2.26. The highest BCUT2D eigenvalue weighted by atomic mass is 16.5. The van der Waals surface area contributed by atoms with Crippen LogP contribution in [0.5, 0.6) is 5.75 Å². The van der Waals surface area contributed by atoms with Crippen LogP contribution in [0.2, 0.25) is 0 Å². The number of nitrogens with one attached hydrogen (secondary N) is 1. The third-order valence-corrected chi connectivity index (χ3v) is 3.73. The van der Waals surface area contributed by atoms with Gasteiger partial charge >= 0.3 is 0 Å². The first-order chi connectivity index (χ1) is 9.81. The van der Waals surface area contributed by atoms with Gasteiger partial charge in [-0.1, -0.05) is 6.07 Å². The average Bonchev–Trinajstić information content (AvgIpc) is 2.46. The van der Waals surface area contributed by atoms with E-state index in [2.05, 4.69) is 5.32 Å². The number of methoxy groups -OCH3 is 1. The molecule has 1 aromatic rings. The number of benzene rings is 1. The minimum Gasteiger partial charge on any atom is -0.508 e. The molecule has 2 N–H and O–H groups in total. The van der Waals surface area contributed by atoms with Crippen LogP contribution >= 0.6 is 0 Å². The van der Waals surface area contributed by atoms with E-state index >= 15 is 0 Å². The summed E-state index contributed by atoms with van der Waals surface area (Å²) in [4.78, 5) is 0. The lowest BCUT2D eigenvalue weighted by atomic mass is 9.87. The maximum absolute atomic E-state index is 9.64. The minimum atomic E-state index is 0.361. The highest BCUT2D eigenvalue weighted by Crippen LogP contribution is 2.31. The van der Waals surface area contributed by atoms with Gasteiger partial charge in [-0.25, -0.2) is 0 Å².